The molecule has 0 radical (unpaired) electrons. The fraction of sp³-hybridized carbons (Fsp3) is 0.250. The summed E-state index contributed by atoms with van der Waals surface area (Å²) in [4.78, 5) is 0. The summed E-state index contributed by atoms with van der Waals surface area (Å²) in [5.74, 6) is -1.00. The molecular formula is C16H18FNO3S. The average Bonchev–Trinajstić information content (AvgIpc) is 2.49. The molecule has 0 spiro atoms. The lowest BCUT2D eigenvalue weighted by molar-refractivity contribution is 0.179. The van der Waals surface area contributed by atoms with Crippen LogP contribution < -0.4 is 4.72 Å². The summed E-state index contributed by atoms with van der Waals surface area (Å²) in [6.45, 7) is -0.105. The fourth-order valence-electron chi connectivity index (χ4n) is 2.05. The quantitative estimate of drug-likeness (QED) is 0.817. The Morgan fingerprint density at radius 1 is 1.05 bits per heavy atom. The summed E-state index contributed by atoms with van der Waals surface area (Å²) in [7, 11) is -3.69. The lowest BCUT2D eigenvalue weighted by Crippen LogP contribution is -2.34. The zero-order chi connectivity index (χ0) is 16.0. The standard InChI is InChI=1S/C16H18FNO3S/c17-16-9-5-4-8-14(16)12-22(20,21)18-11-15(19)10-13-6-2-1-3-7-13/h1-9,15,18-19H,10-12H2/t15-/m0/s1. The van der Waals surface area contributed by atoms with Crippen molar-refractivity contribution in [1.82, 2.24) is 4.72 Å². The number of hydrogen-bond acceptors (Lipinski definition) is 3. The van der Waals surface area contributed by atoms with Gasteiger partial charge in [-0.25, -0.2) is 17.5 Å². The third-order valence-corrected chi connectivity index (χ3v) is 4.45. The van der Waals surface area contributed by atoms with E-state index >= 15 is 0 Å². The number of sulfonamides is 1. The third-order valence-electron chi connectivity index (χ3n) is 3.16. The van der Waals surface area contributed by atoms with Gasteiger partial charge in [-0.2, -0.15) is 0 Å². The van der Waals surface area contributed by atoms with Gasteiger partial charge in [-0.15, -0.1) is 0 Å². The molecule has 2 aromatic rings. The molecule has 0 aliphatic heterocycles. The highest BCUT2D eigenvalue weighted by molar-refractivity contribution is 7.88. The smallest absolute Gasteiger partial charge is 0.215 e. The molecule has 0 heterocycles. The number of nitrogens with one attached hydrogen (secondary N) is 1. The maximum atomic E-state index is 13.5. The van der Waals surface area contributed by atoms with E-state index in [1.165, 1.54) is 18.2 Å². The van der Waals surface area contributed by atoms with E-state index in [0.717, 1.165) is 5.56 Å². The first kappa shape index (κ1) is 16.6. The topological polar surface area (TPSA) is 66.4 Å². The highest BCUT2D eigenvalue weighted by Gasteiger charge is 2.16. The molecule has 4 nitrogen and oxygen atoms in total. The molecule has 0 amide bonds. The third kappa shape index (κ3) is 5.22. The largest absolute Gasteiger partial charge is 0.391 e. The van der Waals surface area contributed by atoms with Crippen LogP contribution in [0.15, 0.2) is 54.6 Å². The van der Waals surface area contributed by atoms with Crippen LogP contribution in [0.3, 0.4) is 0 Å². The van der Waals surface area contributed by atoms with Gasteiger partial charge in [0.05, 0.1) is 11.9 Å². The maximum Gasteiger partial charge on any atom is 0.215 e. The molecule has 0 aliphatic rings. The molecular weight excluding hydrogens is 305 g/mol. The van der Waals surface area contributed by atoms with Gasteiger partial charge in [-0.3, -0.25) is 0 Å². The molecule has 2 N–H and O–H groups in total. The summed E-state index contributed by atoms with van der Waals surface area (Å²) >= 11 is 0. The Bertz CT molecular complexity index is 704. The predicted molar refractivity (Wildman–Crippen MR) is 83.2 cm³/mol. The first-order valence-electron chi connectivity index (χ1n) is 6.89. The average molecular weight is 323 g/mol. The Hall–Kier alpha value is -1.76. The second-order valence-corrected chi connectivity index (χ2v) is 6.85. The van der Waals surface area contributed by atoms with Crippen LogP contribution in [0.1, 0.15) is 11.1 Å². The zero-order valence-corrected chi connectivity index (χ0v) is 12.8. The van der Waals surface area contributed by atoms with E-state index in [4.69, 9.17) is 0 Å². The molecule has 118 valence electrons. The highest BCUT2D eigenvalue weighted by atomic mass is 32.2. The number of aliphatic hydroxyl groups is 1. The van der Waals surface area contributed by atoms with Gasteiger partial charge in [0.1, 0.15) is 5.82 Å². The molecule has 0 aromatic heterocycles. The molecule has 1 atom stereocenters. The summed E-state index contributed by atoms with van der Waals surface area (Å²) in [5.41, 5.74) is 1.02. The molecule has 22 heavy (non-hydrogen) atoms. The van der Waals surface area contributed by atoms with Gasteiger partial charge in [-0.05, 0) is 18.1 Å². The first-order valence-corrected chi connectivity index (χ1v) is 8.54. The van der Waals surface area contributed by atoms with Crippen LogP contribution in [0.5, 0.6) is 0 Å². The zero-order valence-electron chi connectivity index (χ0n) is 11.9. The van der Waals surface area contributed by atoms with Crippen LogP contribution in [0.4, 0.5) is 4.39 Å². The van der Waals surface area contributed by atoms with Crippen molar-refractivity contribution in [2.45, 2.75) is 18.3 Å². The van der Waals surface area contributed by atoms with Crippen molar-refractivity contribution in [3.05, 3.63) is 71.5 Å². The van der Waals surface area contributed by atoms with E-state index < -0.39 is 27.7 Å². The summed E-state index contributed by atoms with van der Waals surface area (Å²) < 4.78 is 39.6. The van der Waals surface area contributed by atoms with Crippen molar-refractivity contribution >= 4 is 10.0 Å². The molecule has 2 rings (SSSR count). The summed E-state index contributed by atoms with van der Waals surface area (Å²) in [6, 6.07) is 15.0. The Kier molecular flexibility index (Phi) is 5.65. The lowest BCUT2D eigenvalue weighted by Gasteiger charge is -2.12. The van der Waals surface area contributed by atoms with Gasteiger partial charge in [0.25, 0.3) is 0 Å². The van der Waals surface area contributed by atoms with Crippen molar-refractivity contribution in [3.63, 3.8) is 0 Å². The molecule has 6 heteroatoms. The van der Waals surface area contributed by atoms with Gasteiger partial charge in [0, 0.05) is 12.1 Å². The molecule has 0 bridgehead atoms. The number of halogens is 1. The van der Waals surface area contributed by atoms with Crippen molar-refractivity contribution < 1.29 is 17.9 Å². The summed E-state index contributed by atoms with van der Waals surface area (Å²) in [5, 5.41) is 9.89. The monoisotopic (exact) mass is 323 g/mol. The minimum atomic E-state index is -3.69. The minimum Gasteiger partial charge on any atom is -0.391 e. The summed E-state index contributed by atoms with van der Waals surface area (Å²) in [6.07, 6.45) is -0.485. The second-order valence-electron chi connectivity index (χ2n) is 5.04. The minimum absolute atomic E-state index is 0.104. The van der Waals surface area contributed by atoms with Crippen molar-refractivity contribution in [3.8, 4) is 0 Å². The van der Waals surface area contributed by atoms with E-state index in [1.807, 2.05) is 30.3 Å². The number of rotatable bonds is 7. The number of hydrogen-bond donors (Lipinski definition) is 2. The van der Waals surface area contributed by atoms with Crippen LogP contribution in [-0.2, 0) is 22.2 Å². The van der Waals surface area contributed by atoms with E-state index in [9.17, 15) is 17.9 Å². The molecule has 0 aliphatic carbocycles. The lowest BCUT2D eigenvalue weighted by atomic mass is 10.1. The van der Waals surface area contributed by atoms with Gasteiger partial charge < -0.3 is 5.11 Å². The van der Waals surface area contributed by atoms with Crippen LogP contribution in [0.25, 0.3) is 0 Å². The van der Waals surface area contributed by atoms with Crippen LogP contribution in [-0.4, -0.2) is 26.2 Å². The number of benzene rings is 2. The van der Waals surface area contributed by atoms with E-state index in [2.05, 4.69) is 4.72 Å². The van der Waals surface area contributed by atoms with Gasteiger partial charge in [0.2, 0.25) is 10.0 Å². The SMILES string of the molecule is O=S(=O)(Cc1ccccc1F)NC[C@@H](O)Cc1ccccc1. The van der Waals surface area contributed by atoms with E-state index in [-0.39, 0.29) is 12.1 Å². The first-order chi connectivity index (χ1) is 10.5. The normalized spacial score (nSPS) is 13.0. The Balaban J connectivity index is 1.88. The Morgan fingerprint density at radius 2 is 1.68 bits per heavy atom. The van der Waals surface area contributed by atoms with Crippen molar-refractivity contribution in [1.29, 1.82) is 0 Å². The van der Waals surface area contributed by atoms with Crippen molar-refractivity contribution in [2.75, 3.05) is 6.54 Å². The predicted octanol–water partition coefficient (Wildman–Crippen LogP) is 1.85. The van der Waals surface area contributed by atoms with Gasteiger partial charge in [-0.1, -0.05) is 48.5 Å². The molecule has 2 aromatic carbocycles. The highest BCUT2D eigenvalue weighted by Crippen LogP contribution is 2.10. The Labute approximate surface area is 129 Å². The second kappa shape index (κ2) is 7.49. The maximum absolute atomic E-state index is 13.5. The Morgan fingerprint density at radius 3 is 2.36 bits per heavy atom. The molecule has 0 unspecified atom stereocenters. The van der Waals surface area contributed by atoms with Crippen molar-refractivity contribution in [2.24, 2.45) is 0 Å². The van der Waals surface area contributed by atoms with E-state index in [1.54, 1.807) is 6.07 Å². The van der Waals surface area contributed by atoms with Gasteiger partial charge >= 0.3 is 0 Å². The van der Waals surface area contributed by atoms with Crippen LogP contribution in [0, 0.1) is 5.82 Å². The fourth-order valence-corrected chi connectivity index (χ4v) is 3.24. The molecule has 0 saturated heterocycles. The number of aliphatic hydroxyl groups excluding tert-OH is 1. The molecule has 0 saturated carbocycles. The van der Waals surface area contributed by atoms with E-state index in [0.29, 0.717) is 6.42 Å². The van der Waals surface area contributed by atoms with Gasteiger partial charge in [0.15, 0.2) is 0 Å². The van der Waals surface area contributed by atoms with Crippen LogP contribution in [0.2, 0.25) is 0 Å². The molecule has 0 fully saturated rings. The van der Waals surface area contributed by atoms with Crippen LogP contribution >= 0.6 is 0 Å².